The van der Waals surface area contributed by atoms with Crippen LogP contribution in [0.15, 0.2) is 24.3 Å². The van der Waals surface area contributed by atoms with Crippen LogP contribution in [0, 0.1) is 6.92 Å². The first-order valence-electron chi connectivity index (χ1n) is 6.47. The van der Waals surface area contributed by atoms with Crippen molar-refractivity contribution < 1.29 is 9.22 Å². The molecule has 0 unspecified atom stereocenters. The third-order valence-electron chi connectivity index (χ3n) is 2.76. The minimum absolute atomic E-state index is 0.834. The summed E-state index contributed by atoms with van der Waals surface area (Å²) in [5.41, 5.74) is 1.28. The number of quaternary nitrogens is 1. The molecule has 96 valence electrons. The van der Waals surface area contributed by atoms with E-state index in [9.17, 15) is 0 Å². The molecule has 0 aliphatic carbocycles. The lowest BCUT2D eigenvalue weighted by molar-refractivity contribution is -0.870. The zero-order chi connectivity index (χ0) is 12.7. The van der Waals surface area contributed by atoms with E-state index in [1.807, 2.05) is 12.1 Å². The Morgan fingerprint density at radius 2 is 1.59 bits per heavy atom. The standard InChI is InChI=1S/C15H26NO/c1-14-8-10-15(11-9-14)17-13-7-5-6-12-16(2,3)4/h8-11H,5-7,12-13H2,1-4H3/q+1. The summed E-state index contributed by atoms with van der Waals surface area (Å²) in [6, 6.07) is 8.27. The van der Waals surface area contributed by atoms with Gasteiger partial charge in [0.15, 0.2) is 0 Å². The van der Waals surface area contributed by atoms with Crippen LogP contribution in [0.5, 0.6) is 5.75 Å². The molecule has 1 rings (SSSR count). The molecule has 0 heterocycles. The fourth-order valence-electron chi connectivity index (χ4n) is 1.69. The number of aryl methyl sites for hydroxylation is 1. The molecule has 0 saturated carbocycles. The van der Waals surface area contributed by atoms with Crippen LogP contribution < -0.4 is 4.74 Å². The molecular formula is C15H26NO+. The molecule has 0 radical (unpaired) electrons. The summed E-state index contributed by atoms with van der Waals surface area (Å²) in [6.45, 7) is 4.17. The van der Waals surface area contributed by atoms with Gasteiger partial charge >= 0.3 is 0 Å². The Kier molecular flexibility index (Phi) is 5.49. The zero-order valence-corrected chi connectivity index (χ0v) is 11.7. The van der Waals surface area contributed by atoms with Crippen LogP contribution in [0.2, 0.25) is 0 Å². The molecule has 0 saturated heterocycles. The molecule has 0 N–H and O–H groups in total. The minimum atomic E-state index is 0.834. The highest BCUT2D eigenvalue weighted by atomic mass is 16.5. The van der Waals surface area contributed by atoms with Gasteiger partial charge in [-0.1, -0.05) is 17.7 Å². The molecule has 0 aliphatic rings. The summed E-state index contributed by atoms with van der Waals surface area (Å²) in [4.78, 5) is 0. The maximum atomic E-state index is 5.69. The summed E-state index contributed by atoms with van der Waals surface area (Å²) in [5.74, 6) is 0.988. The van der Waals surface area contributed by atoms with Crippen LogP contribution in [0.25, 0.3) is 0 Å². The first-order valence-corrected chi connectivity index (χ1v) is 6.47. The zero-order valence-electron chi connectivity index (χ0n) is 11.7. The van der Waals surface area contributed by atoms with Crippen molar-refractivity contribution in [2.75, 3.05) is 34.3 Å². The van der Waals surface area contributed by atoms with Crippen LogP contribution in [0.4, 0.5) is 0 Å². The molecule has 0 fully saturated rings. The highest BCUT2D eigenvalue weighted by Crippen LogP contribution is 2.12. The van der Waals surface area contributed by atoms with Crippen molar-refractivity contribution in [3.8, 4) is 5.75 Å². The Balaban J connectivity index is 2.07. The van der Waals surface area contributed by atoms with Crippen molar-refractivity contribution in [2.24, 2.45) is 0 Å². The van der Waals surface area contributed by atoms with E-state index in [2.05, 4.69) is 40.2 Å². The van der Waals surface area contributed by atoms with E-state index in [1.54, 1.807) is 0 Å². The van der Waals surface area contributed by atoms with Gasteiger partial charge in [-0.3, -0.25) is 0 Å². The molecule has 0 spiro atoms. The van der Waals surface area contributed by atoms with Crippen molar-refractivity contribution in [1.29, 1.82) is 0 Å². The lowest BCUT2D eigenvalue weighted by Gasteiger charge is -2.23. The lowest BCUT2D eigenvalue weighted by Crippen LogP contribution is -2.35. The monoisotopic (exact) mass is 236 g/mol. The summed E-state index contributed by atoms with van der Waals surface area (Å²) >= 11 is 0. The lowest BCUT2D eigenvalue weighted by atomic mass is 10.2. The van der Waals surface area contributed by atoms with Gasteiger partial charge in [0.25, 0.3) is 0 Å². The Morgan fingerprint density at radius 3 is 2.18 bits per heavy atom. The Hall–Kier alpha value is -1.02. The Morgan fingerprint density at radius 1 is 0.941 bits per heavy atom. The van der Waals surface area contributed by atoms with Gasteiger partial charge in [-0.05, 0) is 38.3 Å². The SMILES string of the molecule is Cc1ccc(OCCCCC[N+](C)(C)C)cc1. The first-order chi connectivity index (χ1) is 7.97. The number of nitrogens with zero attached hydrogens (tertiary/aromatic N) is 1. The van der Waals surface area contributed by atoms with E-state index in [0.717, 1.165) is 23.3 Å². The number of benzene rings is 1. The average molecular weight is 236 g/mol. The van der Waals surface area contributed by atoms with Gasteiger partial charge in [0.2, 0.25) is 0 Å². The van der Waals surface area contributed by atoms with Gasteiger partial charge in [-0.15, -0.1) is 0 Å². The normalized spacial score (nSPS) is 11.5. The molecule has 2 heteroatoms. The van der Waals surface area contributed by atoms with Gasteiger partial charge in [0.05, 0.1) is 34.3 Å². The minimum Gasteiger partial charge on any atom is -0.494 e. The van der Waals surface area contributed by atoms with E-state index in [-0.39, 0.29) is 0 Å². The Bertz CT molecular complexity index is 311. The van der Waals surface area contributed by atoms with Crippen LogP contribution in [0.3, 0.4) is 0 Å². The van der Waals surface area contributed by atoms with Gasteiger partial charge in [-0.2, -0.15) is 0 Å². The van der Waals surface area contributed by atoms with Crippen molar-refractivity contribution >= 4 is 0 Å². The molecular weight excluding hydrogens is 210 g/mol. The third-order valence-corrected chi connectivity index (χ3v) is 2.76. The molecule has 0 aromatic heterocycles. The largest absolute Gasteiger partial charge is 0.494 e. The van der Waals surface area contributed by atoms with E-state index in [4.69, 9.17) is 4.74 Å². The highest BCUT2D eigenvalue weighted by molar-refractivity contribution is 5.26. The summed E-state index contributed by atoms with van der Waals surface area (Å²) in [6.07, 6.45) is 3.68. The molecule has 1 aromatic rings. The second-order valence-electron chi connectivity index (χ2n) is 5.74. The van der Waals surface area contributed by atoms with Gasteiger partial charge < -0.3 is 9.22 Å². The quantitative estimate of drug-likeness (QED) is 0.521. The molecule has 0 bridgehead atoms. The van der Waals surface area contributed by atoms with Gasteiger partial charge in [0, 0.05) is 0 Å². The predicted molar refractivity (Wildman–Crippen MR) is 73.4 cm³/mol. The van der Waals surface area contributed by atoms with E-state index < -0.39 is 0 Å². The summed E-state index contributed by atoms with van der Waals surface area (Å²) in [7, 11) is 6.72. The van der Waals surface area contributed by atoms with Crippen LogP contribution in [-0.2, 0) is 0 Å². The average Bonchev–Trinajstić information content (AvgIpc) is 2.24. The predicted octanol–water partition coefficient (Wildman–Crippen LogP) is 3.25. The van der Waals surface area contributed by atoms with Crippen molar-refractivity contribution in [1.82, 2.24) is 0 Å². The number of hydrogen-bond donors (Lipinski definition) is 0. The second kappa shape index (κ2) is 6.65. The molecule has 0 amide bonds. The number of unbranched alkanes of at least 4 members (excludes halogenated alkanes) is 2. The van der Waals surface area contributed by atoms with E-state index in [1.165, 1.54) is 24.9 Å². The summed E-state index contributed by atoms with van der Waals surface area (Å²) < 4.78 is 6.74. The van der Waals surface area contributed by atoms with Gasteiger partial charge in [-0.25, -0.2) is 0 Å². The number of hydrogen-bond acceptors (Lipinski definition) is 1. The first kappa shape index (κ1) is 14.0. The molecule has 0 atom stereocenters. The highest BCUT2D eigenvalue weighted by Gasteiger charge is 2.05. The van der Waals surface area contributed by atoms with E-state index in [0.29, 0.717) is 0 Å². The fourth-order valence-corrected chi connectivity index (χ4v) is 1.69. The van der Waals surface area contributed by atoms with Crippen molar-refractivity contribution in [3.63, 3.8) is 0 Å². The van der Waals surface area contributed by atoms with Crippen molar-refractivity contribution in [2.45, 2.75) is 26.2 Å². The third kappa shape index (κ3) is 7.01. The smallest absolute Gasteiger partial charge is 0.119 e. The number of rotatable bonds is 7. The molecule has 17 heavy (non-hydrogen) atoms. The maximum absolute atomic E-state index is 5.69. The Labute approximate surface area is 106 Å². The fraction of sp³-hybridized carbons (Fsp3) is 0.600. The number of ether oxygens (including phenoxy) is 1. The van der Waals surface area contributed by atoms with Crippen LogP contribution >= 0.6 is 0 Å². The van der Waals surface area contributed by atoms with Crippen LogP contribution in [0.1, 0.15) is 24.8 Å². The topological polar surface area (TPSA) is 9.23 Å². The van der Waals surface area contributed by atoms with E-state index >= 15 is 0 Å². The van der Waals surface area contributed by atoms with Crippen molar-refractivity contribution in [3.05, 3.63) is 29.8 Å². The molecule has 1 aromatic carbocycles. The van der Waals surface area contributed by atoms with Crippen LogP contribution in [-0.4, -0.2) is 38.8 Å². The summed E-state index contributed by atoms with van der Waals surface area (Å²) in [5, 5.41) is 0. The molecule has 2 nitrogen and oxygen atoms in total. The second-order valence-corrected chi connectivity index (χ2v) is 5.74. The maximum Gasteiger partial charge on any atom is 0.119 e. The molecule has 0 aliphatic heterocycles. The van der Waals surface area contributed by atoms with Gasteiger partial charge in [0.1, 0.15) is 5.75 Å².